The molecule has 1 aromatic heterocycles. The van der Waals surface area contributed by atoms with Crippen molar-refractivity contribution in [2.45, 2.75) is 13.5 Å². The second-order valence-electron chi connectivity index (χ2n) is 4.05. The third kappa shape index (κ3) is 2.61. The standard InChI is InChI=1S/C14H11ClN2O/c1-10(18)12-4-5-17(8-12)9-13-3-2-11(7-16)6-14(13)15/h2-6,8H,9H2,1H3. The van der Waals surface area contributed by atoms with Crippen molar-refractivity contribution in [2.24, 2.45) is 0 Å². The summed E-state index contributed by atoms with van der Waals surface area (Å²) in [7, 11) is 0. The molecule has 0 aliphatic heterocycles. The van der Waals surface area contributed by atoms with Crippen molar-refractivity contribution in [2.75, 3.05) is 0 Å². The molecule has 90 valence electrons. The number of hydrogen-bond acceptors (Lipinski definition) is 2. The molecule has 0 unspecified atom stereocenters. The van der Waals surface area contributed by atoms with Gasteiger partial charge in [-0.2, -0.15) is 5.26 Å². The summed E-state index contributed by atoms with van der Waals surface area (Å²) in [4.78, 5) is 11.2. The fourth-order valence-corrected chi connectivity index (χ4v) is 1.93. The van der Waals surface area contributed by atoms with Gasteiger partial charge in [-0.1, -0.05) is 17.7 Å². The van der Waals surface area contributed by atoms with Gasteiger partial charge in [-0.3, -0.25) is 4.79 Å². The predicted molar refractivity (Wildman–Crippen MR) is 69.7 cm³/mol. The molecule has 0 saturated carbocycles. The maximum atomic E-state index is 11.2. The van der Waals surface area contributed by atoms with Crippen LogP contribution in [0.5, 0.6) is 0 Å². The summed E-state index contributed by atoms with van der Waals surface area (Å²) in [6.07, 6.45) is 3.63. The summed E-state index contributed by atoms with van der Waals surface area (Å²) in [5, 5.41) is 9.32. The van der Waals surface area contributed by atoms with Crippen LogP contribution in [-0.4, -0.2) is 10.4 Å². The van der Waals surface area contributed by atoms with Gasteiger partial charge < -0.3 is 4.57 Å². The van der Waals surface area contributed by atoms with Crippen molar-refractivity contribution in [3.63, 3.8) is 0 Å². The van der Waals surface area contributed by atoms with Gasteiger partial charge in [0.25, 0.3) is 0 Å². The largest absolute Gasteiger partial charge is 0.349 e. The number of rotatable bonds is 3. The number of benzene rings is 1. The Labute approximate surface area is 110 Å². The van der Waals surface area contributed by atoms with Crippen LogP contribution in [0.4, 0.5) is 0 Å². The van der Waals surface area contributed by atoms with E-state index in [9.17, 15) is 4.79 Å². The van der Waals surface area contributed by atoms with Gasteiger partial charge in [0, 0.05) is 29.5 Å². The molecule has 0 saturated heterocycles. The number of Topliss-reactive ketones (excluding diaryl/α,β-unsaturated/α-hetero) is 1. The summed E-state index contributed by atoms with van der Waals surface area (Å²) in [5.74, 6) is 0.0414. The highest BCUT2D eigenvalue weighted by molar-refractivity contribution is 6.31. The van der Waals surface area contributed by atoms with Crippen molar-refractivity contribution < 1.29 is 4.79 Å². The van der Waals surface area contributed by atoms with Gasteiger partial charge in [-0.15, -0.1) is 0 Å². The monoisotopic (exact) mass is 258 g/mol. The van der Waals surface area contributed by atoms with Gasteiger partial charge in [0.15, 0.2) is 5.78 Å². The molecule has 0 amide bonds. The van der Waals surface area contributed by atoms with Crippen LogP contribution in [0.2, 0.25) is 5.02 Å². The van der Waals surface area contributed by atoms with Crippen molar-refractivity contribution in [3.8, 4) is 6.07 Å². The minimum Gasteiger partial charge on any atom is -0.349 e. The van der Waals surface area contributed by atoms with Crippen LogP contribution < -0.4 is 0 Å². The molecule has 0 aliphatic carbocycles. The third-order valence-electron chi connectivity index (χ3n) is 2.69. The van der Waals surface area contributed by atoms with E-state index in [4.69, 9.17) is 16.9 Å². The zero-order valence-corrected chi connectivity index (χ0v) is 10.6. The quantitative estimate of drug-likeness (QED) is 0.793. The Bertz CT molecular complexity index is 637. The fourth-order valence-electron chi connectivity index (χ4n) is 1.69. The number of carbonyl (C=O) groups is 1. The number of carbonyl (C=O) groups excluding carboxylic acids is 1. The molecule has 0 aliphatic rings. The SMILES string of the molecule is CC(=O)c1ccn(Cc2ccc(C#N)cc2Cl)c1. The maximum absolute atomic E-state index is 11.2. The second kappa shape index (κ2) is 5.07. The van der Waals surface area contributed by atoms with Gasteiger partial charge in [0.2, 0.25) is 0 Å². The molecule has 4 heteroatoms. The van der Waals surface area contributed by atoms with E-state index in [1.54, 1.807) is 24.4 Å². The molecule has 1 aromatic carbocycles. The predicted octanol–water partition coefficient (Wildman–Crippen LogP) is 3.26. The molecule has 0 atom stereocenters. The van der Waals surface area contributed by atoms with Gasteiger partial charge in [0.05, 0.1) is 11.6 Å². The second-order valence-corrected chi connectivity index (χ2v) is 4.45. The van der Waals surface area contributed by atoms with E-state index in [1.807, 2.05) is 22.9 Å². The zero-order valence-electron chi connectivity index (χ0n) is 9.85. The smallest absolute Gasteiger partial charge is 0.161 e. The Balaban J connectivity index is 2.23. The molecular weight excluding hydrogens is 248 g/mol. The Hall–Kier alpha value is -2.05. The van der Waals surface area contributed by atoms with E-state index in [0.29, 0.717) is 22.7 Å². The van der Waals surface area contributed by atoms with Gasteiger partial charge >= 0.3 is 0 Å². The lowest BCUT2D eigenvalue weighted by atomic mass is 10.1. The minimum atomic E-state index is 0.0414. The molecule has 0 spiro atoms. The number of ketones is 1. The van der Waals surface area contributed by atoms with Crippen LogP contribution >= 0.6 is 11.6 Å². The van der Waals surface area contributed by atoms with Crippen LogP contribution in [0.25, 0.3) is 0 Å². The molecule has 2 rings (SSSR count). The molecular formula is C14H11ClN2O. The highest BCUT2D eigenvalue weighted by atomic mass is 35.5. The summed E-state index contributed by atoms with van der Waals surface area (Å²) < 4.78 is 1.89. The van der Waals surface area contributed by atoms with E-state index in [1.165, 1.54) is 6.92 Å². The van der Waals surface area contributed by atoms with Crippen molar-refractivity contribution >= 4 is 17.4 Å². The van der Waals surface area contributed by atoms with E-state index >= 15 is 0 Å². The molecule has 2 aromatic rings. The lowest BCUT2D eigenvalue weighted by Crippen LogP contribution is -1.98. The van der Waals surface area contributed by atoms with E-state index in [0.717, 1.165) is 5.56 Å². The summed E-state index contributed by atoms with van der Waals surface area (Å²) in [6.45, 7) is 2.12. The highest BCUT2D eigenvalue weighted by Gasteiger charge is 2.05. The third-order valence-corrected chi connectivity index (χ3v) is 3.04. The number of hydrogen-bond donors (Lipinski definition) is 0. The Kier molecular flexibility index (Phi) is 3.50. The van der Waals surface area contributed by atoms with E-state index in [-0.39, 0.29) is 5.78 Å². The lowest BCUT2D eigenvalue weighted by molar-refractivity contribution is 0.101. The zero-order chi connectivity index (χ0) is 13.1. The Morgan fingerprint density at radius 3 is 2.78 bits per heavy atom. The number of aromatic nitrogens is 1. The summed E-state index contributed by atoms with van der Waals surface area (Å²) >= 11 is 6.10. The molecule has 0 bridgehead atoms. The van der Waals surface area contributed by atoms with E-state index in [2.05, 4.69) is 0 Å². The lowest BCUT2D eigenvalue weighted by Gasteiger charge is -2.05. The van der Waals surface area contributed by atoms with Crippen molar-refractivity contribution in [3.05, 3.63) is 58.4 Å². The average molecular weight is 259 g/mol. The molecule has 0 N–H and O–H groups in total. The number of halogens is 1. The van der Waals surface area contributed by atoms with Crippen LogP contribution in [0.1, 0.15) is 28.4 Å². The summed E-state index contributed by atoms with van der Waals surface area (Å²) in [6, 6.07) is 9.03. The molecule has 0 fully saturated rings. The number of nitrogens with zero attached hydrogens (tertiary/aromatic N) is 2. The normalized spacial score (nSPS) is 10.1. The topological polar surface area (TPSA) is 45.8 Å². The van der Waals surface area contributed by atoms with Crippen LogP contribution in [0.3, 0.4) is 0 Å². The van der Waals surface area contributed by atoms with Gasteiger partial charge in [0.1, 0.15) is 0 Å². The van der Waals surface area contributed by atoms with Crippen LogP contribution in [0.15, 0.2) is 36.7 Å². The van der Waals surface area contributed by atoms with Crippen molar-refractivity contribution in [1.29, 1.82) is 5.26 Å². The fraction of sp³-hybridized carbons (Fsp3) is 0.143. The highest BCUT2D eigenvalue weighted by Crippen LogP contribution is 2.19. The summed E-state index contributed by atoms with van der Waals surface area (Å²) in [5.41, 5.74) is 2.14. The first-order chi connectivity index (χ1) is 8.60. The van der Waals surface area contributed by atoms with E-state index < -0.39 is 0 Å². The minimum absolute atomic E-state index is 0.0414. The number of nitriles is 1. The first kappa shape index (κ1) is 12.4. The molecule has 18 heavy (non-hydrogen) atoms. The van der Waals surface area contributed by atoms with Crippen LogP contribution in [0, 0.1) is 11.3 Å². The first-order valence-electron chi connectivity index (χ1n) is 5.45. The van der Waals surface area contributed by atoms with Crippen molar-refractivity contribution in [1.82, 2.24) is 4.57 Å². The Morgan fingerprint density at radius 1 is 1.44 bits per heavy atom. The molecule has 0 radical (unpaired) electrons. The Morgan fingerprint density at radius 2 is 2.22 bits per heavy atom. The molecule has 1 heterocycles. The van der Waals surface area contributed by atoms with Gasteiger partial charge in [-0.05, 0) is 30.7 Å². The van der Waals surface area contributed by atoms with Gasteiger partial charge in [-0.25, -0.2) is 0 Å². The first-order valence-corrected chi connectivity index (χ1v) is 5.83. The molecule has 3 nitrogen and oxygen atoms in total. The average Bonchev–Trinajstić information content (AvgIpc) is 2.80. The maximum Gasteiger partial charge on any atom is 0.161 e. The van der Waals surface area contributed by atoms with Crippen LogP contribution in [-0.2, 0) is 6.54 Å².